The molecule has 16 aromatic rings. The summed E-state index contributed by atoms with van der Waals surface area (Å²) in [6.45, 7) is 17.8. The molecule has 2 atom stereocenters. The van der Waals surface area contributed by atoms with Gasteiger partial charge in [-0.05, 0) is 337 Å². The van der Waals surface area contributed by atoms with Gasteiger partial charge in [-0.2, -0.15) is 0 Å². The number of nitrogens with zero attached hydrogens (tertiary/aromatic N) is 4. The molecule has 2 aliphatic heterocycles. The van der Waals surface area contributed by atoms with E-state index in [0.29, 0.717) is 0 Å². The first-order valence-electron chi connectivity index (χ1n) is 42.2. The second kappa shape index (κ2) is 40.7. The van der Waals surface area contributed by atoms with Crippen molar-refractivity contribution in [3.05, 3.63) is 431 Å². The lowest BCUT2D eigenvalue weighted by atomic mass is 9.92. The monoisotopic (exact) mass is 1910 g/mol. The molecule has 646 valence electrons. The smallest absolute Gasteiger partial charge is 0.391 e. The van der Waals surface area contributed by atoms with Crippen LogP contribution >= 0.6 is 48.8 Å². The third-order valence-electron chi connectivity index (χ3n) is 24.4. The van der Waals surface area contributed by atoms with Gasteiger partial charge in [0.2, 0.25) is 0 Å². The van der Waals surface area contributed by atoms with Crippen LogP contribution in [0.15, 0.2) is 364 Å². The van der Waals surface area contributed by atoms with Gasteiger partial charge in [0.05, 0.1) is 9.65 Å². The van der Waals surface area contributed by atoms with Crippen LogP contribution in [-0.4, -0.2) is 45.6 Å². The Balaban J connectivity index is 0.000000212. The van der Waals surface area contributed by atoms with Crippen molar-refractivity contribution < 1.29 is 17.7 Å². The maximum Gasteiger partial charge on any atom is 0.407 e. The molecular formula is C115H113Br3N4O4Si2. The molecule has 0 saturated carbocycles. The fraction of sp³-hybridized carbons (Fsp3) is 0.148. The third-order valence-corrected chi connectivity index (χ3v) is 34.1. The Hall–Kier alpha value is -11.8. The molecular weight excluding hydrogens is 1800 g/mol. The predicted octanol–water partition coefficient (Wildman–Crippen LogP) is 30.9. The van der Waals surface area contributed by atoms with Gasteiger partial charge in [0, 0.05) is 117 Å². The Morgan fingerprint density at radius 1 is 0.219 bits per heavy atom. The lowest BCUT2D eigenvalue weighted by molar-refractivity contribution is 0.272. The highest BCUT2D eigenvalue weighted by molar-refractivity contribution is 9.12. The van der Waals surface area contributed by atoms with Gasteiger partial charge in [0.25, 0.3) is 0 Å². The number of hydrogen-bond donors (Lipinski definition) is 0. The molecule has 0 amide bonds. The second-order valence-corrected chi connectivity index (χ2v) is 40.5. The Morgan fingerprint density at radius 2 is 0.391 bits per heavy atom. The highest BCUT2D eigenvalue weighted by Gasteiger charge is 2.50. The summed E-state index contributed by atoms with van der Waals surface area (Å²) in [6, 6.07) is 131. The van der Waals surface area contributed by atoms with Gasteiger partial charge in [-0.3, -0.25) is 0 Å². The molecule has 0 radical (unpaired) electrons. The molecule has 2 unspecified atom stereocenters. The number of alkyl halides is 2. The van der Waals surface area contributed by atoms with Crippen molar-refractivity contribution in [2.75, 3.05) is 48.0 Å². The molecule has 0 saturated heterocycles. The van der Waals surface area contributed by atoms with Crippen LogP contribution in [0.2, 0.25) is 0 Å². The predicted molar refractivity (Wildman–Crippen MR) is 565 cm³/mol. The Morgan fingerprint density at radius 3 is 0.578 bits per heavy atom. The first-order valence-corrected chi connectivity index (χ1v) is 47.7. The normalized spacial score (nSPS) is 13.5. The summed E-state index contributed by atoms with van der Waals surface area (Å²) in [6.07, 6.45) is 4.44. The van der Waals surface area contributed by atoms with E-state index in [2.05, 4.69) is 483 Å². The van der Waals surface area contributed by atoms with Crippen LogP contribution in [0, 0.1) is 55.4 Å². The molecule has 16 aromatic carbocycles. The van der Waals surface area contributed by atoms with E-state index >= 15 is 0 Å². The van der Waals surface area contributed by atoms with E-state index in [-0.39, 0.29) is 48.9 Å². The fourth-order valence-electron chi connectivity index (χ4n) is 19.1. The standard InChI is InChI=1S/C56H50Br2N2O2Si.C56H50N2O2Si.3CH4.BrH/c1-37-31-47(59(43-19-11-7-12-20-43)44-21-13-8-14-22-44)32-38(2)53(37)41-27-29-49-51(35-41)63(61-5,62-6)52-36-42(28-30-50(52)56(58)55(49)57)54-39(3)33-48(34-40(54)4)60(45-23-15-9-16-24-45)46-25-17-10-18-26-46;1-39-33-51(57(47-19-11-7-12-20-47)48-21-13-8-14-22-48)34-40(2)55(39)45-31-29-43-27-28-44-30-32-46(38-54(44)61(59-5,60-6)53(43)37-45)56-41(3)35-52(36-42(56)4)58(49-23-15-9-16-24-49)50-25-17-10-18-26-50;;;;/h7-36,55-56H,1-6H3;7-38H,1-6H3;3*1H4;1H. The second-order valence-electron chi connectivity index (χ2n) is 32.2. The third kappa shape index (κ3) is 18.0. The summed E-state index contributed by atoms with van der Waals surface area (Å²) in [7, 11) is 0.719. The van der Waals surface area contributed by atoms with Crippen molar-refractivity contribution in [1.29, 1.82) is 0 Å². The van der Waals surface area contributed by atoms with Gasteiger partial charge in [-0.25, -0.2) is 0 Å². The summed E-state index contributed by atoms with van der Waals surface area (Å²) in [5.74, 6) is 0. The number of benzene rings is 16. The minimum Gasteiger partial charge on any atom is -0.391 e. The SMILES string of the molecule is Br.C.C.C.CO[Si]1(OC)c2cc(-c3c(C)cc(N(c4ccccc4)c4ccccc4)cc3C)ccc2C(Br)C(Br)c2ccc(-c3c(C)cc(N(c4ccccc4)c4ccccc4)cc3C)cc21.CO[Si]1(OC)c2cc(-c3c(C)cc(N(c4ccccc4)c4ccccc4)cc3C)ccc2C=Cc2ccc(-c3c(C)cc(N(c4ccccc4)c4ccccc4)cc3C)cc21. The van der Waals surface area contributed by atoms with E-state index in [4.69, 9.17) is 17.7 Å². The minimum absolute atomic E-state index is 0. The first-order chi connectivity index (χ1) is 60.4. The zero-order chi connectivity index (χ0) is 85.9. The molecule has 0 N–H and O–H groups in total. The topological polar surface area (TPSA) is 49.9 Å². The molecule has 0 bridgehead atoms. The zero-order valence-corrected chi connectivity index (χ0v) is 79.4. The van der Waals surface area contributed by atoms with E-state index in [9.17, 15) is 0 Å². The number of hydrogen-bond acceptors (Lipinski definition) is 8. The molecule has 0 aliphatic carbocycles. The molecule has 0 fully saturated rings. The quantitative estimate of drug-likeness (QED) is 0.0553. The van der Waals surface area contributed by atoms with Crippen molar-refractivity contribution >= 4 is 167 Å². The van der Waals surface area contributed by atoms with Gasteiger partial charge < -0.3 is 37.3 Å². The zero-order valence-electron chi connectivity index (χ0n) is 72.5. The number of para-hydroxylation sites is 8. The van der Waals surface area contributed by atoms with Gasteiger partial charge in [0.1, 0.15) is 0 Å². The maximum atomic E-state index is 6.82. The van der Waals surface area contributed by atoms with Crippen molar-refractivity contribution in [3.8, 4) is 44.5 Å². The van der Waals surface area contributed by atoms with Crippen molar-refractivity contribution in [3.63, 3.8) is 0 Å². The van der Waals surface area contributed by atoms with Crippen molar-refractivity contribution in [2.45, 2.75) is 87.3 Å². The minimum atomic E-state index is -3.31. The molecule has 2 heterocycles. The Kier molecular flexibility index (Phi) is 29.8. The summed E-state index contributed by atoms with van der Waals surface area (Å²) in [5.41, 5.74) is 37.0. The lowest BCUT2D eigenvalue weighted by Gasteiger charge is -2.31. The summed E-state index contributed by atoms with van der Waals surface area (Å²) in [4.78, 5) is 9.26. The van der Waals surface area contributed by atoms with E-state index in [1.54, 1.807) is 0 Å². The Bertz CT molecular complexity index is 5940. The maximum absolute atomic E-state index is 6.82. The molecule has 0 spiro atoms. The molecule has 128 heavy (non-hydrogen) atoms. The van der Waals surface area contributed by atoms with Crippen molar-refractivity contribution in [1.82, 2.24) is 0 Å². The van der Waals surface area contributed by atoms with Crippen LogP contribution in [0.5, 0.6) is 0 Å². The van der Waals surface area contributed by atoms with Crippen molar-refractivity contribution in [2.24, 2.45) is 0 Å². The van der Waals surface area contributed by atoms with E-state index in [0.717, 1.165) is 122 Å². The summed E-state index contributed by atoms with van der Waals surface area (Å²) < 4.78 is 27.1. The van der Waals surface area contributed by atoms with Gasteiger partial charge in [-0.1, -0.05) is 260 Å². The molecule has 18 rings (SSSR count). The first kappa shape index (κ1) is 93.8. The average molecular weight is 1910 g/mol. The molecule has 8 nitrogen and oxygen atoms in total. The summed E-state index contributed by atoms with van der Waals surface area (Å²) in [5, 5.41) is 4.42. The molecule has 0 aromatic heterocycles. The highest BCUT2D eigenvalue weighted by atomic mass is 79.9. The van der Waals surface area contributed by atoms with Gasteiger partial charge in [0.15, 0.2) is 0 Å². The van der Waals surface area contributed by atoms with Crippen LogP contribution in [0.1, 0.15) is 98.7 Å². The fourth-order valence-corrected chi connectivity index (χ4v) is 27.3. The molecule has 2 aliphatic rings. The average Bonchev–Trinajstić information content (AvgIpc) is 1.55. The number of halogens is 3. The number of rotatable bonds is 20. The van der Waals surface area contributed by atoms with Crippen LogP contribution in [0.25, 0.3) is 56.7 Å². The number of aryl methyl sites for hydroxylation is 8. The lowest BCUT2D eigenvalue weighted by Crippen LogP contribution is -2.63. The van der Waals surface area contributed by atoms with Crippen LogP contribution < -0.4 is 40.3 Å². The largest absolute Gasteiger partial charge is 0.407 e. The van der Waals surface area contributed by atoms with Gasteiger partial charge in [-0.15, -0.1) is 17.0 Å². The van der Waals surface area contributed by atoms with E-state index < -0.39 is 17.1 Å². The highest BCUT2D eigenvalue weighted by Crippen LogP contribution is 2.49. The molecule has 13 heteroatoms. The number of anilines is 12. The van der Waals surface area contributed by atoms with Crippen LogP contribution in [0.3, 0.4) is 0 Å². The van der Waals surface area contributed by atoms with E-state index in [1.165, 1.54) is 77.9 Å². The number of fused-ring (bicyclic) bond motifs is 4. The van der Waals surface area contributed by atoms with E-state index in [1.807, 2.05) is 28.4 Å². The van der Waals surface area contributed by atoms with Crippen LogP contribution in [0.4, 0.5) is 68.2 Å². The van der Waals surface area contributed by atoms with Gasteiger partial charge >= 0.3 is 17.1 Å². The summed E-state index contributed by atoms with van der Waals surface area (Å²) >= 11 is 8.33. The Labute approximate surface area is 789 Å². The van der Waals surface area contributed by atoms with Crippen LogP contribution in [-0.2, 0) is 17.7 Å².